The van der Waals surface area contributed by atoms with Crippen molar-refractivity contribution < 1.29 is 0 Å². The smallest absolute Gasteiger partial charge is 0.00235 e. The summed E-state index contributed by atoms with van der Waals surface area (Å²) in [6.07, 6.45) is 1.57. The molecular formula is C7H12. The third-order valence-corrected chi connectivity index (χ3v) is 0.246. The van der Waals surface area contributed by atoms with E-state index >= 15 is 0 Å². The zero-order chi connectivity index (χ0) is 6.12. The molecule has 0 aliphatic rings. The molecule has 0 spiro atoms. The number of hydrogen-bond donors (Lipinski definition) is 0. The number of allylic oxidation sites excluding steroid dienone is 1. The predicted octanol–water partition coefficient (Wildman–Crippen LogP) is 2.22. The molecule has 0 radical (unpaired) electrons. The van der Waals surface area contributed by atoms with E-state index < -0.39 is 0 Å². The van der Waals surface area contributed by atoms with Crippen molar-refractivity contribution in [3.63, 3.8) is 0 Å². The molecule has 0 bridgehead atoms. The molecule has 0 N–H and O–H groups in total. The summed E-state index contributed by atoms with van der Waals surface area (Å²) in [5.41, 5.74) is 0. The standard InChI is InChI=1S/C5H6.C2H6/c1-3-5-4-2;1-2/h3H,1H2,2H3;1-2H3. The fourth-order valence-corrected chi connectivity index (χ4v) is 0.102. The van der Waals surface area contributed by atoms with Gasteiger partial charge in [0.25, 0.3) is 0 Å². The summed E-state index contributed by atoms with van der Waals surface area (Å²) in [5.74, 6) is 5.27. The first-order valence-corrected chi connectivity index (χ1v) is 2.45. The van der Waals surface area contributed by atoms with E-state index in [0.717, 1.165) is 0 Å². The molecule has 0 aromatic heterocycles. The predicted molar refractivity (Wildman–Crippen MR) is 35.0 cm³/mol. The fourth-order valence-electron chi connectivity index (χ4n) is 0.102. The second-order valence-corrected chi connectivity index (χ2v) is 0.598. The molecule has 0 heterocycles. The minimum Gasteiger partial charge on any atom is -0.102 e. The summed E-state index contributed by atoms with van der Waals surface area (Å²) in [6.45, 7) is 9.16. The Kier molecular flexibility index (Phi) is 25.3. The molecule has 0 aliphatic carbocycles. The van der Waals surface area contributed by atoms with Crippen LogP contribution in [0, 0.1) is 11.8 Å². The highest BCUT2D eigenvalue weighted by atomic mass is 13.4. The Labute approximate surface area is 46.2 Å². The van der Waals surface area contributed by atoms with Gasteiger partial charge >= 0.3 is 0 Å². The van der Waals surface area contributed by atoms with Crippen molar-refractivity contribution >= 4 is 0 Å². The minimum absolute atomic E-state index is 1.57. The molecule has 0 unspecified atom stereocenters. The van der Waals surface area contributed by atoms with Gasteiger partial charge in [0.05, 0.1) is 0 Å². The Bertz CT molecular complexity index is 69.8. The van der Waals surface area contributed by atoms with Crippen molar-refractivity contribution in [1.82, 2.24) is 0 Å². The Morgan fingerprint density at radius 3 is 1.86 bits per heavy atom. The van der Waals surface area contributed by atoms with Crippen LogP contribution in [-0.2, 0) is 0 Å². The average molecular weight is 96.2 g/mol. The molecule has 0 heteroatoms. The second-order valence-electron chi connectivity index (χ2n) is 0.598. The Morgan fingerprint density at radius 2 is 1.86 bits per heavy atom. The summed E-state index contributed by atoms with van der Waals surface area (Å²) in [6, 6.07) is 0. The molecule has 0 saturated heterocycles. The molecule has 0 atom stereocenters. The third kappa shape index (κ3) is 34.2. The third-order valence-electron chi connectivity index (χ3n) is 0.246. The van der Waals surface area contributed by atoms with Crippen LogP contribution in [0.5, 0.6) is 0 Å². The van der Waals surface area contributed by atoms with Crippen LogP contribution in [0.2, 0.25) is 0 Å². The molecular weight excluding hydrogens is 84.1 g/mol. The highest BCUT2D eigenvalue weighted by Gasteiger charge is 1.36. The highest BCUT2D eigenvalue weighted by molar-refractivity contribution is 5.09. The first-order valence-electron chi connectivity index (χ1n) is 2.45. The first kappa shape index (κ1) is 9.57. The van der Waals surface area contributed by atoms with Gasteiger partial charge < -0.3 is 0 Å². The van der Waals surface area contributed by atoms with Crippen molar-refractivity contribution in [1.29, 1.82) is 0 Å². The van der Waals surface area contributed by atoms with E-state index in [9.17, 15) is 0 Å². The van der Waals surface area contributed by atoms with E-state index in [1.807, 2.05) is 13.8 Å². The first-order chi connectivity index (χ1) is 3.41. The zero-order valence-electron chi connectivity index (χ0n) is 5.28. The largest absolute Gasteiger partial charge is 0.102 e. The van der Waals surface area contributed by atoms with E-state index in [1.165, 1.54) is 0 Å². The van der Waals surface area contributed by atoms with Gasteiger partial charge in [-0.15, -0.1) is 5.92 Å². The SMILES string of the molecule is C=CC#CC.CC. The molecule has 0 nitrogen and oxygen atoms in total. The van der Waals surface area contributed by atoms with E-state index in [1.54, 1.807) is 13.0 Å². The van der Waals surface area contributed by atoms with Gasteiger partial charge in [0.15, 0.2) is 0 Å². The van der Waals surface area contributed by atoms with Gasteiger partial charge in [-0.1, -0.05) is 26.3 Å². The summed E-state index contributed by atoms with van der Waals surface area (Å²) >= 11 is 0. The van der Waals surface area contributed by atoms with E-state index in [-0.39, 0.29) is 0 Å². The molecule has 7 heavy (non-hydrogen) atoms. The van der Waals surface area contributed by atoms with Crippen molar-refractivity contribution in [3.05, 3.63) is 12.7 Å². The van der Waals surface area contributed by atoms with E-state index in [4.69, 9.17) is 0 Å². The molecule has 0 fully saturated rings. The average Bonchev–Trinajstić information content (AvgIpc) is 1.75. The second kappa shape index (κ2) is 18.5. The summed E-state index contributed by atoms with van der Waals surface area (Å²) in [4.78, 5) is 0. The van der Waals surface area contributed by atoms with Gasteiger partial charge in [-0.25, -0.2) is 0 Å². The van der Waals surface area contributed by atoms with Crippen molar-refractivity contribution in [2.24, 2.45) is 0 Å². The van der Waals surface area contributed by atoms with Crippen LogP contribution in [0.4, 0.5) is 0 Å². The lowest BCUT2D eigenvalue weighted by molar-refractivity contribution is 1.50. The van der Waals surface area contributed by atoms with Crippen LogP contribution in [0.15, 0.2) is 12.7 Å². The van der Waals surface area contributed by atoms with Crippen LogP contribution >= 0.6 is 0 Å². The van der Waals surface area contributed by atoms with Crippen LogP contribution < -0.4 is 0 Å². The Hall–Kier alpha value is -0.700. The monoisotopic (exact) mass is 96.1 g/mol. The Morgan fingerprint density at radius 1 is 1.43 bits per heavy atom. The van der Waals surface area contributed by atoms with Crippen LogP contribution in [0.3, 0.4) is 0 Å². The topological polar surface area (TPSA) is 0 Å². The molecule has 0 amide bonds. The van der Waals surface area contributed by atoms with Crippen molar-refractivity contribution in [2.75, 3.05) is 0 Å². The maximum atomic E-state index is 3.38. The lowest BCUT2D eigenvalue weighted by Gasteiger charge is -1.47. The maximum absolute atomic E-state index is 3.38. The quantitative estimate of drug-likeness (QED) is 0.406. The normalized spacial score (nSPS) is 3.86. The zero-order valence-corrected chi connectivity index (χ0v) is 5.28. The molecule has 0 rings (SSSR count). The van der Waals surface area contributed by atoms with E-state index in [2.05, 4.69) is 18.4 Å². The molecule has 40 valence electrons. The van der Waals surface area contributed by atoms with Gasteiger partial charge in [-0.2, -0.15) is 0 Å². The minimum atomic E-state index is 1.57. The molecule has 0 aromatic rings. The molecule has 0 aliphatic heterocycles. The van der Waals surface area contributed by atoms with Crippen LogP contribution in [-0.4, -0.2) is 0 Å². The molecule has 0 aromatic carbocycles. The summed E-state index contributed by atoms with van der Waals surface area (Å²) in [5, 5.41) is 0. The fraction of sp³-hybridized carbons (Fsp3) is 0.429. The van der Waals surface area contributed by atoms with Crippen molar-refractivity contribution in [2.45, 2.75) is 20.8 Å². The van der Waals surface area contributed by atoms with E-state index in [0.29, 0.717) is 0 Å². The number of hydrogen-bond acceptors (Lipinski definition) is 0. The summed E-state index contributed by atoms with van der Waals surface area (Å²) in [7, 11) is 0. The number of rotatable bonds is 0. The van der Waals surface area contributed by atoms with Crippen molar-refractivity contribution in [3.8, 4) is 11.8 Å². The Balaban J connectivity index is 0. The lowest BCUT2D eigenvalue weighted by Crippen LogP contribution is -1.35. The van der Waals surface area contributed by atoms with Gasteiger partial charge in [0, 0.05) is 0 Å². The van der Waals surface area contributed by atoms with Crippen LogP contribution in [0.25, 0.3) is 0 Å². The maximum Gasteiger partial charge on any atom is -0.00235 e. The highest BCUT2D eigenvalue weighted by Crippen LogP contribution is 1.49. The van der Waals surface area contributed by atoms with Gasteiger partial charge in [0.2, 0.25) is 0 Å². The van der Waals surface area contributed by atoms with Gasteiger partial charge in [0.1, 0.15) is 0 Å². The van der Waals surface area contributed by atoms with Crippen LogP contribution in [0.1, 0.15) is 20.8 Å². The summed E-state index contributed by atoms with van der Waals surface area (Å²) < 4.78 is 0. The molecule has 0 saturated carbocycles. The lowest BCUT2D eigenvalue weighted by atomic mass is 10.6. The van der Waals surface area contributed by atoms with Gasteiger partial charge in [-0.05, 0) is 13.0 Å². The van der Waals surface area contributed by atoms with Gasteiger partial charge in [-0.3, -0.25) is 0 Å².